The van der Waals surface area contributed by atoms with Gasteiger partial charge in [0.15, 0.2) is 5.16 Å². The van der Waals surface area contributed by atoms with E-state index in [0.717, 1.165) is 25.7 Å². The molecule has 1 aromatic carbocycles. The van der Waals surface area contributed by atoms with Crippen LogP contribution in [0.4, 0.5) is 0 Å². The summed E-state index contributed by atoms with van der Waals surface area (Å²) in [4.78, 5) is 29.5. The molecule has 1 fully saturated rings. The van der Waals surface area contributed by atoms with E-state index in [0.29, 0.717) is 22.7 Å². The highest BCUT2D eigenvalue weighted by molar-refractivity contribution is 8.00. The van der Waals surface area contributed by atoms with Gasteiger partial charge in [-0.15, -0.1) is 0 Å². The third kappa shape index (κ3) is 3.64. The lowest BCUT2D eigenvalue weighted by atomic mass is 10.2. The Kier molecular flexibility index (Phi) is 5.23. The first-order valence-electron chi connectivity index (χ1n) is 8.46. The van der Waals surface area contributed by atoms with Crippen LogP contribution in [0, 0.1) is 0 Å². The van der Waals surface area contributed by atoms with Gasteiger partial charge in [-0.25, -0.2) is 4.98 Å². The van der Waals surface area contributed by atoms with Crippen molar-refractivity contribution in [2.45, 2.75) is 56.0 Å². The van der Waals surface area contributed by atoms with E-state index in [2.05, 4.69) is 11.9 Å². The van der Waals surface area contributed by atoms with Crippen LogP contribution in [-0.2, 0) is 9.53 Å². The van der Waals surface area contributed by atoms with Crippen LogP contribution in [0.5, 0.6) is 0 Å². The molecule has 3 rings (SSSR count). The Morgan fingerprint density at radius 1 is 1.42 bits per heavy atom. The lowest BCUT2D eigenvalue weighted by Crippen LogP contribution is -2.25. The van der Waals surface area contributed by atoms with E-state index in [4.69, 9.17) is 4.74 Å². The molecule has 1 saturated carbocycles. The van der Waals surface area contributed by atoms with Crippen molar-refractivity contribution in [1.82, 2.24) is 9.55 Å². The average Bonchev–Trinajstić information content (AvgIpc) is 3.40. The number of carbonyl (C=O) groups is 1. The summed E-state index contributed by atoms with van der Waals surface area (Å²) in [6.45, 7) is 4.30. The number of para-hydroxylation sites is 1. The molecule has 0 amide bonds. The summed E-state index contributed by atoms with van der Waals surface area (Å²) in [6, 6.07) is 7.57. The fraction of sp³-hybridized carbons (Fsp3) is 0.500. The topological polar surface area (TPSA) is 61.2 Å². The van der Waals surface area contributed by atoms with Gasteiger partial charge in [0.2, 0.25) is 0 Å². The van der Waals surface area contributed by atoms with Gasteiger partial charge in [-0.3, -0.25) is 14.2 Å². The molecule has 1 unspecified atom stereocenters. The van der Waals surface area contributed by atoms with Crippen LogP contribution < -0.4 is 5.56 Å². The third-order valence-corrected chi connectivity index (χ3v) is 5.09. The van der Waals surface area contributed by atoms with E-state index < -0.39 is 0 Å². The number of thioether (sulfide) groups is 1. The summed E-state index contributed by atoms with van der Waals surface area (Å²) in [5.74, 6) is -0.252. The molecule has 1 aliphatic rings. The summed E-state index contributed by atoms with van der Waals surface area (Å²) in [5, 5.41) is 0.855. The number of nitrogens with zero attached hydrogens (tertiary/aromatic N) is 2. The van der Waals surface area contributed by atoms with Gasteiger partial charge in [0.1, 0.15) is 5.25 Å². The number of hydrogen-bond donors (Lipinski definition) is 0. The fourth-order valence-corrected chi connectivity index (χ4v) is 3.48. The van der Waals surface area contributed by atoms with Crippen LogP contribution in [0.2, 0.25) is 0 Å². The Bertz CT molecular complexity index is 798. The lowest BCUT2D eigenvalue weighted by Gasteiger charge is -2.15. The first-order valence-corrected chi connectivity index (χ1v) is 9.34. The van der Waals surface area contributed by atoms with E-state index in [1.165, 1.54) is 11.8 Å². The predicted molar refractivity (Wildman–Crippen MR) is 95.5 cm³/mol. The number of esters is 1. The maximum Gasteiger partial charge on any atom is 0.319 e. The van der Waals surface area contributed by atoms with E-state index >= 15 is 0 Å². The zero-order chi connectivity index (χ0) is 17.1. The summed E-state index contributed by atoms with van der Waals surface area (Å²) in [5.41, 5.74) is 0.658. The fourth-order valence-electron chi connectivity index (χ4n) is 2.50. The third-order valence-electron chi connectivity index (χ3n) is 4.04. The van der Waals surface area contributed by atoms with Crippen LogP contribution in [0.25, 0.3) is 10.9 Å². The van der Waals surface area contributed by atoms with Gasteiger partial charge in [-0.2, -0.15) is 0 Å². The van der Waals surface area contributed by atoms with Gasteiger partial charge in [0.25, 0.3) is 5.56 Å². The molecule has 0 bridgehead atoms. The number of ether oxygens (including phenoxy) is 1. The van der Waals surface area contributed by atoms with Crippen molar-refractivity contribution < 1.29 is 9.53 Å². The number of fused-ring (bicyclic) bond motifs is 1. The molecule has 0 radical (unpaired) electrons. The number of unbranched alkanes of at least 4 members (excludes halogenated alkanes) is 1. The molecule has 128 valence electrons. The second-order valence-electron chi connectivity index (χ2n) is 6.10. The molecule has 1 atom stereocenters. The van der Waals surface area contributed by atoms with Crippen LogP contribution in [0.1, 0.15) is 45.6 Å². The van der Waals surface area contributed by atoms with Gasteiger partial charge in [-0.1, -0.05) is 37.2 Å². The van der Waals surface area contributed by atoms with E-state index in [-0.39, 0.29) is 22.8 Å². The maximum atomic E-state index is 12.8. The zero-order valence-electron chi connectivity index (χ0n) is 14.0. The second kappa shape index (κ2) is 7.38. The summed E-state index contributed by atoms with van der Waals surface area (Å²) < 4.78 is 7.03. The SMILES string of the molecule is CCCCOC(=O)C(C)Sc1nc2ccccc2c(=O)n1C1CC1. The normalized spacial score (nSPS) is 15.4. The lowest BCUT2D eigenvalue weighted by molar-refractivity contribution is -0.142. The average molecular weight is 346 g/mol. The Balaban J connectivity index is 1.87. The van der Waals surface area contributed by atoms with Crippen LogP contribution >= 0.6 is 11.8 Å². The van der Waals surface area contributed by atoms with E-state index in [9.17, 15) is 9.59 Å². The smallest absolute Gasteiger partial charge is 0.319 e. The molecule has 1 aromatic heterocycles. The van der Waals surface area contributed by atoms with Gasteiger partial charge in [-0.05, 0) is 38.3 Å². The standard InChI is InChI=1S/C18H22N2O3S/c1-3-4-11-23-17(22)12(2)24-18-19-15-8-6-5-7-14(15)16(21)20(18)13-9-10-13/h5-8,12-13H,3-4,9-11H2,1-2H3. The number of benzene rings is 1. The molecule has 0 N–H and O–H groups in total. The largest absolute Gasteiger partial charge is 0.465 e. The molecule has 5 nitrogen and oxygen atoms in total. The summed E-state index contributed by atoms with van der Waals surface area (Å²) in [6.07, 6.45) is 3.83. The first kappa shape index (κ1) is 17.0. The van der Waals surface area contributed by atoms with Crippen molar-refractivity contribution in [2.24, 2.45) is 0 Å². The van der Waals surface area contributed by atoms with E-state index in [1.807, 2.05) is 18.2 Å². The highest BCUT2D eigenvalue weighted by Crippen LogP contribution is 2.37. The van der Waals surface area contributed by atoms with Crippen LogP contribution in [-0.4, -0.2) is 27.4 Å². The van der Waals surface area contributed by atoms with Crippen molar-refractivity contribution in [3.63, 3.8) is 0 Å². The maximum absolute atomic E-state index is 12.8. The van der Waals surface area contributed by atoms with Crippen LogP contribution in [0.3, 0.4) is 0 Å². The highest BCUT2D eigenvalue weighted by Gasteiger charge is 2.30. The Morgan fingerprint density at radius 3 is 2.88 bits per heavy atom. The number of hydrogen-bond acceptors (Lipinski definition) is 5. The molecule has 0 aliphatic heterocycles. The zero-order valence-corrected chi connectivity index (χ0v) is 14.8. The van der Waals surface area contributed by atoms with Crippen molar-refractivity contribution in [3.8, 4) is 0 Å². The number of rotatable bonds is 7. The van der Waals surface area contributed by atoms with Gasteiger partial charge < -0.3 is 4.74 Å². The molecule has 0 saturated heterocycles. The van der Waals surface area contributed by atoms with Gasteiger partial charge >= 0.3 is 5.97 Å². The Hall–Kier alpha value is -1.82. The second-order valence-corrected chi connectivity index (χ2v) is 7.41. The van der Waals surface area contributed by atoms with Gasteiger partial charge in [0.05, 0.1) is 17.5 Å². The van der Waals surface area contributed by atoms with Crippen molar-refractivity contribution >= 4 is 28.6 Å². The first-order chi connectivity index (χ1) is 11.6. The molecule has 6 heteroatoms. The molecule has 24 heavy (non-hydrogen) atoms. The van der Waals surface area contributed by atoms with Crippen LogP contribution in [0.15, 0.2) is 34.2 Å². The van der Waals surface area contributed by atoms with E-state index in [1.54, 1.807) is 17.6 Å². The number of carbonyl (C=O) groups excluding carboxylic acids is 1. The molecule has 1 aliphatic carbocycles. The minimum Gasteiger partial charge on any atom is -0.465 e. The number of aromatic nitrogens is 2. The Labute approximate surface area is 145 Å². The minimum atomic E-state index is -0.389. The molecule has 1 heterocycles. The molecular weight excluding hydrogens is 324 g/mol. The summed E-state index contributed by atoms with van der Waals surface area (Å²) >= 11 is 1.31. The Morgan fingerprint density at radius 2 is 2.17 bits per heavy atom. The summed E-state index contributed by atoms with van der Waals surface area (Å²) in [7, 11) is 0. The predicted octanol–water partition coefficient (Wildman–Crippen LogP) is 3.56. The molecule has 0 spiro atoms. The molecule has 2 aromatic rings. The van der Waals surface area contributed by atoms with Crippen molar-refractivity contribution in [3.05, 3.63) is 34.6 Å². The van der Waals surface area contributed by atoms with Crippen molar-refractivity contribution in [1.29, 1.82) is 0 Å². The monoisotopic (exact) mass is 346 g/mol. The van der Waals surface area contributed by atoms with Gasteiger partial charge in [0, 0.05) is 6.04 Å². The quantitative estimate of drug-likeness (QED) is 0.332. The minimum absolute atomic E-state index is 0.0165. The molecular formula is C18H22N2O3S. The highest BCUT2D eigenvalue weighted by atomic mass is 32.2. The van der Waals surface area contributed by atoms with Crippen molar-refractivity contribution in [2.75, 3.05) is 6.61 Å².